The number of alkyl halides is 2. The molecule has 178 valence electrons. The van der Waals surface area contributed by atoms with E-state index in [1.54, 1.807) is 18.2 Å². The van der Waals surface area contributed by atoms with Crippen molar-refractivity contribution in [3.63, 3.8) is 0 Å². The molecule has 1 aliphatic carbocycles. The lowest BCUT2D eigenvalue weighted by atomic mass is 9.97. The summed E-state index contributed by atoms with van der Waals surface area (Å²) in [6.07, 6.45) is -0.000340. The molecule has 34 heavy (non-hydrogen) atoms. The summed E-state index contributed by atoms with van der Waals surface area (Å²) in [6.45, 7) is 1.63. The lowest BCUT2D eigenvalue weighted by molar-refractivity contribution is -0.152. The van der Waals surface area contributed by atoms with Crippen LogP contribution >= 0.6 is 0 Å². The SMILES string of the molecule is Cc1cc(C(=O)NCC(=O)N2CC3(CC2C(=O)O)OCCO3)cc2c1C(F)(F)c1ccccc1-2. The van der Waals surface area contributed by atoms with Gasteiger partial charge < -0.3 is 24.8 Å². The van der Waals surface area contributed by atoms with Crippen LogP contribution in [-0.2, 0) is 25.0 Å². The molecule has 0 bridgehead atoms. The van der Waals surface area contributed by atoms with Gasteiger partial charge in [-0.25, -0.2) is 4.79 Å². The Morgan fingerprint density at radius 2 is 1.85 bits per heavy atom. The smallest absolute Gasteiger partial charge is 0.326 e. The highest BCUT2D eigenvalue weighted by molar-refractivity contribution is 5.99. The Hall–Kier alpha value is -3.37. The third kappa shape index (κ3) is 3.45. The first-order valence-corrected chi connectivity index (χ1v) is 10.8. The highest BCUT2D eigenvalue weighted by Crippen LogP contribution is 2.52. The maximum atomic E-state index is 15.0. The second kappa shape index (κ2) is 7.85. The van der Waals surface area contributed by atoms with Gasteiger partial charge in [-0.05, 0) is 35.7 Å². The van der Waals surface area contributed by atoms with Gasteiger partial charge >= 0.3 is 5.97 Å². The second-order valence-corrected chi connectivity index (χ2v) is 8.71. The Balaban J connectivity index is 1.34. The molecule has 1 atom stereocenters. The highest BCUT2D eigenvalue weighted by Gasteiger charge is 2.52. The molecule has 8 nitrogen and oxygen atoms in total. The van der Waals surface area contributed by atoms with E-state index in [1.807, 2.05) is 0 Å². The van der Waals surface area contributed by atoms with Gasteiger partial charge in [-0.3, -0.25) is 9.59 Å². The van der Waals surface area contributed by atoms with Crippen LogP contribution in [0.2, 0.25) is 0 Å². The number of carboxylic acids is 1. The largest absolute Gasteiger partial charge is 0.480 e. The number of hydrogen-bond donors (Lipinski definition) is 2. The zero-order valence-corrected chi connectivity index (χ0v) is 18.3. The second-order valence-electron chi connectivity index (χ2n) is 8.71. The summed E-state index contributed by atoms with van der Waals surface area (Å²) < 4.78 is 41.0. The predicted molar refractivity (Wildman–Crippen MR) is 114 cm³/mol. The number of fused-ring (bicyclic) bond motifs is 3. The third-order valence-corrected chi connectivity index (χ3v) is 6.58. The molecule has 1 unspecified atom stereocenters. The van der Waals surface area contributed by atoms with Gasteiger partial charge in [-0.2, -0.15) is 8.78 Å². The fourth-order valence-electron chi connectivity index (χ4n) is 5.06. The molecule has 2 aromatic carbocycles. The van der Waals surface area contributed by atoms with Crippen LogP contribution in [0.3, 0.4) is 0 Å². The molecule has 1 spiro atoms. The van der Waals surface area contributed by atoms with E-state index in [1.165, 1.54) is 25.1 Å². The van der Waals surface area contributed by atoms with Gasteiger partial charge in [-0.1, -0.05) is 24.3 Å². The topological polar surface area (TPSA) is 105 Å². The normalized spacial score (nSPS) is 21.4. The third-order valence-electron chi connectivity index (χ3n) is 6.58. The number of aryl methyl sites for hydroxylation is 1. The maximum absolute atomic E-state index is 15.0. The van der Waals surface area contributed by atoms with Crippen molar-refractivity contribution in [2.24, 2.45) is 0 Å². The van der Waals surface area contributed by atoms with Crippen molar-refractivity contribution in [1.29, 1.82) is 0 Å². The van der Waals surface area contributed by atoms with Crippen molar-refractivity contribution >= 4 is 17.8 Å². The minimum absolute atomic E-state index is 0.000340. The van der Waals surface area contributed by atoms with Gasteiger partial charge in [0.2, 0.25) is 5.91 Å². The van der Waals surface area contributed by atoms with Gasteiger partial charge in [0.15, 0.2) is 5.79 Å². The first-order valence-electron chi connectivity index (χ1n) is 10.8. The molecule has 2 aliphatic heterocycles. The van der Waals surface area contributed by atoms with E-state index in [0.29, 0.717) is 18.8 Å². The van der Waals surface area contributed by atoms with Crippen molar-refractivity contribution in [3.8, 4) is 11.1 Å². The number of halogens is 2. The molecule has 5 rings (SSSR count). The number of benzene rings is 2. The van der Waals surface area contributed by atoms with E-state index in [-0.39, 0.29) is 40.8 Å². The van der Waals surface area contributed by atoms with Crippen LogP contribution in [0.4, 0.5) is 8.78 Å². The number of nitrogens with zero attached hydrogens (tertiary/aromatic N) is 1. The Kier molecular flexibility index (Phi) is 5.18. The van der Waals surface area contributed by atoms with E-state index in [9.17, 15) is 28.3 Å². The van der Waals surface area contributed by atoms with Crippen LogP contribution in [0.1, 0.15) is 33.5 Å². The molecule has 3 aliphatic rings. The molecule has 0 saturated carbocycles. The van der Waals surface area contributed by atoms with Gasteiger partial charge in [0.05, 0.1) is 26.3 Å². The fourth-order valence-corrected chi connectivity index (χ4v) is 5.06. The van der Waals surface area contributed by atoms with Crippen molar-refractivity contribution in [2.45, 2.75) is 31.1 Å². The minimum atomic E-state index is -3.16. The molecule has 2 heterocycles. The molecule has 10 heteroatoms. The molecule has 2 saturated heterocycles. The summed E-state index contributed by atoms with van der Waals surface area (Å²) in [6, 6.07) is 7.78. The first kappa shape index (κ1) is 22.4. The van der Waals surface area contributed by atoms with Crippen LogP contribution in [-0.4, -0.2) is 65.9 Å². The number of likely N-dealkylation sites (tertiary alicyclic amines) is 1. The van der Waals surface area contributed by atoms with Crippen LogP contribution < -0.4 is 5.32 Å². The molecular formula is C24H22F2N2O6. The Morgan fingerprint density at radius 3 is 2.56 bits per heavy atom. The number of amides is 2. The minimum Gasteiger partial charge on any atom is -0.480 e. The number of nitrogens with one attached hydrogen (secondary N) is 1. The highest BCUT2D eigenvalue weighted by atomic mass is 19.3. The number of carboxylic acid groups (broad SMARTS) is 1. The monoisotopic (exact) mass is 472 g/mol. The fraction of sp³-hybridized carbons (Fsp3) is 0.375. The molecular weight excluding hydrogens is 450 g/mol. The van der Waals surface area contributed by atoms with Gasteiger partial charge in [0, 0.05) is 23.1 Å². The Labute approximate surface area is 193 Å². The summed E-state index contributed by atoms with van der Waals surface area (Å²) in [4.78, 5) is 38.4. The summed E-state index contributed by atoms with van der Waals surface area (Å²) >= 11 is 0. The summed E-state index contributed by atoms with van der Waals surface area (Å²) in [5.74, 6) is -6.72. The zero-order valence-electron chi connectivity index (χ0n) is 18.3. The standard InChI is InChI=1S/C24H22F2N2O6/c1-13-8-14(9-16-15-4-2-3-5-17(15)24(25,26)20(13)16)21(30)27-11-19(29)28-12-23(33-6-7-34-23)10-18(28)22(31)32/h2-5,8-9,18H,6-7,10-12H2,1H3,(H,27,30)(H,31,32). The summed E-state index contributed by atoms with van der Waals surface area (Å²) in [5.41, 5.74) is 0.786. The number of ether oxygens (including phenoxy) is 2. The average molecular weight is 472 g/mol. The van der Waals surface area contributed by atoms with Crippen LogP contribution in [0.5, 0.6) is 0 Å². The Morgan fingerprint density at radius 1 is 1.15 bits per heavy atom. The van der Waals surface area contributed by atoms with Crippen molar-refractivity contribution in [1.82, 2.24) is 10.2 Å². The van der Waals surface area contributed by atoms with Crippen LogP contribution in [0.25, 0.3) is 11.1 Å². The predicted octanol–water partition coefficient (Wildman–Crippen LogP) is 2.27. The quantitative estimate of drug-likeness (QED) is 0.708. The number of rotatable bonds is 4. The molecule has 2 amide bonds. The summed E-state index contributed by atoms with van der Waals surface area (Å²) in [7, 11) is 0. The van der Waals surface area contributed by atoms with Gasteiger partial charge in [0.25, 0.3) is 11.8 Å². The van der Waals surface area contributed by atoms with Crippen molar-refractivity contribution in [2.75, 3.05) is 26.3 Å². The van der Waals surface area contributed by atoms with Crippen LogP contribution in [0, 0.1) is 6.92 Å². The average Bonchev–Trinajstić information content (AvgIpc) is 3.48. The van der Waals surface area contributed by atoms with E-state index in [0.717, 1.165) is 4.90 Å². The number of carbonyl (C=O) groups is 3. The lowest BCUT2D eigenvalue weighted by Gasteiger charge is -2.23. The van der Waals surface area contributed by atoms with E-state index < -0.39 is 42.1 Å². The molecule has 2 fully saturated rings. The number of aliphatic carboxylic acids is 1. The van der Waals surface area contributed by atoms with Gasteiger partial charge in [-0.15, -0.1) is 0 Å². The molecule has 2 aromatic rings. The number of carbonyl (C=O) groups excluding carboxylic acids is 2. The van der Waals surface area contributed by atoms with Gasteiger partial charge in [0.1, 0.15) is 6.04 Å². The van der Waals surface area contributed by atoms with Crippen molar-refractivity contribution in [3.05, 3.63) is 58.7 Å². The van der Waals surface area contributed by atoms with E-state index in [2.05, 4.69) is 5.32 Å². The molecule has 2 N–H and O–H groups in total. The maximum Gasteiger partial charge on any atom is 0.326 e. The first-order chi connectivity index (χ1) is 16.1. The molecule has 0 radical (unpaired) electrons. The van der Waals surface area contributed by atoms with E-state index >= 15 is 0 Å². The van der Waals surface area contributed by atoms with Crippen molar-refractivity contribution < 1.29 is 37.7 Å². The molecule has 0 aromatic heterocycles. The Bertz CT molecular complexity index is 1210. The summed E-state index contributed by atoms with van der Waals surface area (Å²) in [5, 5.41) is 12.0. The number of hydrogen-bond acceptors (Lipinski definition) is 5. The lowest BCUT2D eigenvalue weighted by Crippen LogP contribution is -2.46. The zero-order chi connectivity index (χ0) is 24.3. The van der Waals surface area contributed by atoms with Crippen LogP contribution in [0.15, 0.2) is 36.4 Å². The van der Waals surface area contributed by atoms with E-state index in [4.69, 9.17) is 9.47 Å².